The van der Waals surface area contributed by atoms with Gasteiger partial charge in [-0.3, -0.25) is 4.79 Å². The molecule has 2 fully saturated rings. The van der Waals surface area contributed by atoms with Crippen molar-refractivity contribution < 1.29 is 19.1 Å². The van der Waals surface area contributed by atoms with Crippen molar-refractivity contribution in [1.29, 1.82) is 0 Å². The van der Waals surface area contributed by atoms with E-state index < -0.39 is 5.60 Å². The first-order chi connectivity index (χ1) is 9.81. The van der Waals surface area contributed by atoms with Crippen LogP contribution >= 0.6 is 0 Å². The Bertz CT molecular complexity index is 401. The average Bonchev–Trinajstić information content (AvgIpc) is 2.69. The molecule has 0 bridgehead atoms. The van der Waals surface area contributed by atoms with Gasteiger partial charge in [-0.15, -0.1) is 0 Å². The first kappa shape index (κ1) is 16.1. The van der Waals surface area contributed by atoms with Gasteiger partial charge in [-0.2, -0.15) is 0 Å². The molecule has 0 aromatic rings. The lowest BCUT2D eigenvalue weighted by Crippen LogP contribution is -2.49. The summed E-state index contributed by atoms with van der Waals surface area (Å²) in [6, 6.07) is 0. The maximum absolute atomic E-state index is 12.2. The minimum Gasteiger partial charge on any atom is -0.466 e. The van der Waals surface area contributed by atoms with Gasteiger partial charge in [0.1, 0.15) is 5.60 Å². The second kappa shape index (κ2) is 6.22. The molecule has 0 unspecified atom stereocenters. The van der Waals surface area contributed by atoms with Crippen LogP contribution in [0.25, 0.3) is 0 Å². The predicted octanol–water partition coefficient (Wildman–Crippen LogP) is 1.25. The van der Waals surface area contributed by atoms with E-state index in [0.29, 0.717) is 25.6 Å². The summed E-state index contributed by atoms with van der Waals surface area (Å²) in [7, 11) is 0. The summed E-state index contributed by atoms with van der Waals surface area (Å²) < 4.78 is 10.6. The molecule has 120 valence electrons. The Morgan fingerprint density at radius 1 is 1.24 bits per heavy atom. The zero-order chi connectivity index (χ0) is 15.6. The molecule has 6 heteroatoms. The lowest BCUT2D eigenvalue weighted by Gasteiger charge is -2.34. The molecule has 0 aromatic carbocycles. The third kappa shape index (κ3) is 3.87. The van der Waals surface area contributed by atoms with E-state index in [-0.39, 0.29) is 23.9 Å². The summed E-state index contributed by atoms with van der Waals surface area (Å²) >= 11 is 0. The Labute approximate surface area is 126 Å². The summed E-state index contributed by atoms with van der Waals surface area (Å²) in [4.78, 5) is 26.0. The van der Waals surface area contributed by atoms with Gasteiger partial charge < -0.3 is 19.7 Å². The Morgan fingerprint density at radius 3 is 2.38 bits per heavy atom. The van der Waals surface area contributed by atoms with Crippen molar-refractivity contribution in [2.45, 2.75) is 33.3 Å². The fourth-order valence-electron chi connectivity index (χ4n) is 2.89. The quantitative estimate of drug-likeness (QED) is 0.794. The summed E-state index contributed by atoms with van der Waals surface area (Å²) in [5, 5.41) is 3.23. The third-order valence-corrected chi connectivity index (χ3v) is 4.02. The zero-order valence-corrected chi connectivity index (χ0v) is 13.3. The van der Waals surface area contributed by atoms with Crippen LogP contribution in [-0.4, -0.2) is 55.3 Å². The van der Waals surface area contributed by atoms with Crippen LogP contribution in [0.1, 0.15) is 27.7 Å². The van der Waals surface area contributed by atoms with E-state index in [1.165, 1.54) is 0 Å². The number of nitrogens with zero attached hydrogens (tertiary/aromatic N) is 1. The summed E-state index contributed by atoms with van der Waals surface area (Å²) in [6.07, 6.45) is -0.341. The molecule has 2 saturated heterocycles. The molecule has 2 heterocycles. The molecule has 2 atom stereocenters. The van der Waals surface area contributed by atoms with E-state index in [4.69, 9.17) is 9.47 Å². The fraction of sp³-hybridized carbons (Fsp3) is 0.867. The highest BCUT2D eigenvalue weighted by Crippen LogP contribution is 2.33. The van der Waals surface area contributed by atoms with Crippen molar-refractivity contribution in [3.05, 3.63) is 0 Å². The molecule has 2 rings (SSSR count). The van der Waals surface area contributed by atoms with Crippen molar-refractivity contribution in [3.63, 3.8) is 0 Å². The minimum atomic E-state index is -0.521. The maximum Gasteiger partial charge on any atom is 0.410 e. The molecule has 2 aliphatic rings. The van der Waals surface area contributed by atoms with Crippen LogP contribution in [0.15, 0.2) is 0 Å². The number of hydrogen-bond acceptors (Lipinski definition) is 5. The van der Waals surface area contributed by atoms with Crippen LogP contribution < -0.4 is 5.32 Å². The number of carbonyl (C=O) groups is 2. The van der Waals surface area contributed by atoms with Gasteiger partial charge in [-0.25, -0.2) is 4.79 Å². The molecule has 2 aliphatic heterocycles. The van der Waals surface area contributed by atoms with Gasteiger partial charge in [-0.05, 0) is 52.6 Å². The Hall–Kier alpha value is -1.30. The van der Waals surface area contributed by atoms with Crippen LogP contribution in [0.5, 0.6) is 0 Å². The smallest absolute Gasteiger partial charge is 0.410 e. The molecular formula is C15H26N2O4. The van der Waals surface area contributed by atoms with Crippen molar-refractivity contribution in [3.8, 4) is 0 Å². The minimum absolute atomic E-state index is 0.165. The molecular weight excluding hydrogens is 272 g/mol. The predicted molar refractivity (Wildman–Crippen MR) is 77.8 cm³/mol. The van der Waals surface area contributed by atoms with E-state index in [0.717, 1.165) is 13.1 Å². The number of likely N-dealkylation sites (tertiary alicyclic amines) is 1. The Balaban J connectivity index is 2.03. The lowest BCUT2D eigenvalue weighted by atomic mass is 9.80. The zero-order valence-electron chi connectivity index (χ0n) is 13.3. The van der Waals surface area contributed by atoms with Gasteiger partial charge in [0.15, 0.2) is 0 Å². The molecule has 0 radical (unpaired) electrons. The van der Waals surface area contributed by atoms with Gasteiger partial charge >= 0.3 is 12.1 Å². The lowest BCUT2D eigenvalue weighted by molar-refractivity contribution is -0.149. The number of rotatable bonds is 3. The van der Waals surface area contributed by atoms with E-state index in [1.54, 1.807) is 11.8 Å². The first-order valence-corrected chi connectivity index (χ1v) is 7.67. The Morgan fingerprint density at radius 2 is 1.90 bits per heavy atom. The van der Waals surface area contributed by atoms with Gasteiger partial charge in [-0.1, -0.05) is 0 Å². The molecule has 6 nitrogen and oxygen atoms in total. The summed E-state index contributed by atoms with van der Waals surface area (Å²) in [5.74, 6) is 0.176. The first-order valence-electron chi connectivity index (χ1n) is 7.67. The number of esters is 1. The normalized spacial score (nSPS) is 26.4. The molecule has 21 heavy (non-hydrogen) atoms. The molecule has 1 amide bonds. The molecule has 0 aliphatic carbocycles. The molecule has 0 saturated carbocycles. The van der Waals surface area contributed by atoms with E-state index >= 15 is 0 Å². The number of ether oxygens (including phenoxy) is 2. The van der Waals surface area contributed by atoms with Crippen molar-refractivity contribution in [1.82, 2.24) is 10.2 Å². The van der Waals surface area contributed by atoms with Crippen LogP contribution in [0.2, 0.25) is 0 Å². The fourth-order valence-corrected chi connectivity index (χ4v) is 2.89. The number of nitrogens with one attached hydrogen (secondary N) is 1. The maximum atomic E-state index is 12.2. The summed E-state index contributed by atoms with van der Waals surface area (Å²) in [6.45, 7) is 10.5. The van der Waals surface area contributed by atoms with Crippen LogP contribution in [-0.2, 0) is 14.3 Å². The third-order valence-electron chi connectivity index (χ3n) is 4.02. The van der Waals surface area contributed by atoms with Gasteiger partial charge in [0.05, 0.1) is 12.5 Å². The Kier molecular flexibility index (Phi) is 4.76. The number of amides is 1. The largest absolute Gasteiger partial charge is 0.466 e. The second-order valence-corrected chi connectivity index (χ2v) is 6.83. The van der Waals surface area contributed by atoms with E-state index in [9.17, 15) is 9.59 Å². The van der Waals surface area contributed by atoms with E-state index in [1.807, 2.05) is 20.8 Å². The SMILES string of the molecule is CCOC(=O)[C@H]1CN(C(=O)OC(C)(C)C)C[C@@H]1C1CNC1. The van der Waals surface area contributed by atoms with E-state index in [2.05, 4.69) is 5.32 Å². The molecule has 0 spiro atoms. The average molecular weight is 298 g/mol. The summed E-state index contributed by atoms with van der Waals surface area (Å²) in [5.41, 5.74) is -0.521. The van der Waals surface area contributed by atoms with Crippen molar-refractivity contribution in [2.75, 3.05) is 32.8 Å². The standard InChI is InChI=1S/C15H26N2O4/c1-5-20-13(18)12-9-17(14(19)21-15(2,3)4)8-11(12)10-6-16-7-10/h10-12,16H,5-9H2,1-4H3/t11-,12+/m1/s1. The second-order valence-electron chi connectivity index (χ2n) is 6.83. The van der Waals surface area contributed by atoms with Crippen LogP contribution in [0.3, 0.4) is 0 Å². The van der Waals surface area contributed by atoms with Crippen molar-refractivity contribution >= 4 is 12.1 Å². The van der Waals surface area contributed by atoms with Crippen LogP contribution in [0, 0.1) is 17.8 Å². The molecule has 0 aromatic heterocycles. The van der Waals surface area contributed by atoms with Gasteiger partial charge in [0.25, 0.3) is 0 Å². The van der Waals surface area contributed by atoms with Crippen LogP contribution in [0.4, 0.5) is 4.79 Å². The van der Waals surface area contributed by atoms with Gasteiger partial charge in [0, 0.05) is 13.1 Å². The highest BCUT2D eigenvalue weighted by molar-refractivity contribution is 5.76. The number of carbonyl (C=O) groups excluding carboxylic acids is 2. The van der Waals surface area contributed by atoms with Crippen molar-refractivity contribution in [2.24, 2.45) is 17.8 Å². The van der Waals surface area contributed by atoms with Gasteiger partial charge in [0.2, 0.25) is 0 Å². The highest BCUT2D eigenvalue weighted by Gasteiger charge is 2.46. The highest BCUT2D eigenvalue weighted by atomic mass is 16.6. The monoisotopic (exact) mass is 298 g/mol. The molecule has 1 N–H and O–H groups in total. The number of hydrogen-bond donors (Lipinski definition) is 1. The topological polar surface area (TPSA) is 67.9 Å².